The molecule has 0 aliphatic rings. The Morgan fingerprint density at radius 1 is 1.47 bits per heavy atom. The molecule has 1 aromatic rings. The first kappa shape index (κ1) is 13.4. The molecule has 0 heterocycles. The number of hydrogen-bond acceptors (Lipinski definition) is 3. The summed E-state index contributed by atoms with van der Waals surface area (Å²) in [5.74, 6) is 0.358. The summed E-state index contributed by atoms with van der Waals surface area (Å²) >= 11 is 4.90. The Morgan fingerprint density at radius 2 is 2.12 bits per heavy atom. The summed E-state index contributed by atoms with van der Waals surface area (Å²) in [6.45, 7) is 3.74. The summed E-state index contributed by atoms with van der Waals surface area (Å²) in [4.78, 5) is 11.7. The predicted molar refractivity (Wildman–Crippen MR) is 71.1 cm³/mol. The fourth-order valence-electron chi connectivity index (χ4n) is 1.30. The molecule has 4 nitrogen and oxygen atoms in total. The quantitative estimate of drug-likeness (QED) is 0.774. The van der Waals surface area contributed by atoms with Gasteiger partial charge in [0.25, 0.3) is 5.91 Å². The highest BCUT2D eigenvalue weighted by molar-refractivity contribution is 7.80. The minimum Gasteiger partial charge on any atom is -0.483 e. The van der Waals surface area contributed by atoms with Crippen molar-refractivity contribution in [3.8, 4) is 5.75 Å². The smallest absolute Gasteiger partial charge is 0.258 e. The molecule has 1 amide bonds. The highest BCUT2D eigenvalue weighted by Gasteiger charge is 2.08. The Morgan fingerprint density at radius 3 is 2.71 bits per heavy atom. The molecule has 0 aliphatic heterocycles. The minimum absolute atomic E-state index is 0.0438. The lowest BCUT2D eigenvalue weighted by Crippen LogP contribution is -2.34. The second-order valence-corrected chi connectivity index (χ2v) is 4.31. The van der Waals surface area contributed by atoms with Crippen LogP contribution >= 0.6 is 12.2 Å². The van der Waals surface area contributed by atoms with Crippen LogP contribution in [0.5, 0.6) is 5.75 Å². The van der Waals surface area contributed by atoms with Gasteiger partial charge < -0.3 is 15.8 Å². The molecule has 0 saturated heterocycles. The third kappa shape index (κ3) is 4.40. The van der Waals surface area contributed by atoms with Crippen molar-refractivity contribution in [1.82, 2.24) is 5.32 Å². The first-order valence-corrected chi connectivity index (χ1v) is 5.72. The molecule has 0 bridgehead atoms. The number of carbonyl (C=O) groups excluding carboxylic acids is 1. The van der Waals surface area contributed by atoms with Gasteiger partial charge in [0.05, 0.1) is 5.56 Å². The molecular weight excluding hydrogens is 236 g/mol. The first-order chi connectivity index (χ1) is 8.00. The van der Waals surface area contributed by atoms with E-state index in [2.05, 4.69) is 5.32 Å². The molecule has 5 heteroatoms. The van der Waals surface area contributed by atoms with Crippen molar-refractivity contribution >= 4 is 23.1 Å². The van der Waals surface area contributed by atoms with E-state index in [0.717, 1.165) is 0 Å². The van der Waals surface area contributed by atoms with Gasteiger partial charge in [-0.3, -0.25) is 4.79 Å². The van der Waals surface area contributed by atoms with E-state index in [1.165, 1.54) is 0 Å². The lowest BCUT2D eigenvalue weighted by molar-refractivity contribution is -0.123. The van der Waals surface area contributed by atoms with Gasteiger partial charge in [-0.05, 0) is 26.0 Å². The molecule has 0 spiro atoms. The zero-order chi connectivity index (χ0) is 12.8. The molecular formula is C12H16N2O2S. The fourth-order valence-corrected chi connectivity index (χ4v) is 1.47. The van der Waals surface area contributed by atoms with Gasteiger partial charge in [0.15, 0.2) is 6.61 Å². The van der Waals surface area contributed by atoms with Crippen molar-refractivity contribution in [2.75, 3.05) is 6.61 Å². The Kier molecular flexibility index (Phi) is 4.90. The summed E-state index contributed by atoms with van der Waals surface area (Å²) in [6.07, 6.45) is 0. The highest BCUT2D eigenvalue weighted by Crippen LogP contribution is 2.17. The van der Waals surface area contributed by atoms with Crippen LogP contribution in [0.1, 0.15) is 19.4 Å². The van der Waals surface area contributed by atoms with Crippen molar-refractivity contribution in [2.24, 2.45) is 5.73 Å². The molecule has 0 unspecified atom stereocenters. The molecule has 17 heavy (non-hydrogen) atoms. The van der Waals surface area contributed by atoms with Gasteiger partial charge in [0.2, 0.25) is 0 Å². The molecule has 92 valence electrons. The van der Waals surface area contributed by atoms with Crippen LogP contribution in [0.25, 0.3) is 0 Å². The third-order valence-corrected chi connectivity index (χ3v) is 2.18. The molecule has 3 N–H and O–H groups in total. The zero-order valence-electron chi connectivity index (χ0n) is 9.90. The number of rotatable bonds is 5. The molecule has 0 saturated carbocycles. The van der Waals surface area contributed by atoms with Gasteiger partial charge in [-0.15, -0.1) is 0 Å². The van der Waals surface area contributed by atoms with E-state index in [-0.39, 0.29) is 23.5 Å². The zero-order valence-corrected chi connectivity index (χ0v) is 10.7. The summed E-state index contributed by atoms with van der Waals surface area (Å²) in [5, 5.41) is 2.73. The predicted octanol–water partition coefficient (Wildman–Crippen LogP) is 1.22. The summed E-state index contributed by atoms with van der Waals surface area (Å²) in [7, 11) is 0. The highest BCUT2D eigenvalue weighted by atomic mass is 32.1. The normalized spacial score (nSPS) is 10.1. The van der Waals surface area contributed by atoms with Gasteiger partial charge in [-0.2, -0.15) is 0 Å². The van der Waals surface area contributed by atoms with Crippen molar-refractivity contribution in [1.29, 1.82) is 0 Å². The maximum atomic E-state index is 11.4. The van der Waals surface area contributed by atoms with E-state index in [9.17, 15) is 4.79 Å². The molecule has 0 fully saturated rings. The van der Waals surface area contributed by atoms with Gasteiger partial charge in [0, 0.05) is 6.04 Å². The van der Waals surface area contributed by atoms with Crippen LogP contribution in [0.15, 0.2) is 24.3 Å². The number of para-hydroxylation sites is 1. The van der Waals surface area contributed by atoms with Crippen LogP contribution in [0, 0.1) is 0 Å². The molecule has 0 atom stereocenters. The molecule has 0 aliphatic carbocycles. The van der Waals surface area contributed by atoms with Crippen molar-refractivity contribution in [3.05, 3.63) is 29.8 Å². The van der Waals surface area contributed by atoms with Crippen molar-refractivity contribution in [3.63, 3.8) is 0 Å². The lowest BCUT2D eigenvalue weighted by atomic mass is 10.2. The fraction of sp³-hybridized carbons (Fsp3) is 0.333. The maximum Gasteiger partial charge on any atom is 0.258 e. The second kappa shape index (κ2) is 6.20. The molecule has 1 aromatic carbocycles. The second-order valence-electron chi connectivity index (χ2n) is 3.87. The Balaban J connectivity index is 2.63. The lowest BCUT2D eigenvalue weighted by Gasteiger charge is -2.12. The molecule has 0 radical (unpaired) electrons. The van der Waals surface area contributed by atoms with E-state index in [1.807, 2.05) is 19.9 Å². The SMILES string of the molecule is CC(C)NC(=O)COc1ccccc1C(N)=S. The number of nitrogens with one attached hydrogen (secondary N) is 1. The Hall–Kier alpha value is -1.62. The van der Waals surface area contributed by atoms with E-state index in [0.29, 0.717) is 11.3 Å². The average molecular weight is 252 g/mol. The van der Waals surface area contributed by atoms with Crippen LogP contribution in [-0.4, -0.2) is 23.5 Å². The van der Waals surface area contributed by atoms with Gasteiger partial charge in [-0.1, -0.05) is 24.4 Å². The number of ether oxygens (including phenoxy) is 1. The third-order valence-electron chi connectivity index (χ3n) is 1.96. The Labute approximate surface area is 106 Å². The number of benzene rings is 1. The summed E-state index contributed by atoms with van der Waals surface area (Å²) < 4.78 is 5.38. The van der Waals surface area contributed by atoms with Crippen molar-refractivity contribution in [2.45, 2.75) is 19.9 Å². The van der Waals surface area contributed by atoms with E-state index in [4.69, 9.17) is 22.7 Å². The first-order valence-electron chi connectivity index (χ1n) is 5.31. The largest absolute Gasteiger partial charge is 0.483 e. The average Bonchev–Trinajstić information content (AvgIpc) is 2.25. The molecule has 1 rings (SSSR count). The standard InChI is InChI=1S/C12H16N2O2S/c1-8(2)14-11(15)7-16-10-6-4-3-5-9(10)12(13)17/h3-6,8H,7H2,1-2H3,(H2,13,17)(H,14,15). The summed E-state index contributed by atoms with van der Waals surface area (Å²) in [5.41, 5.74) is 6.19. The van der Waals surface area contributed by atoms with Crippen LogP contribution in [0.4, 0.5) is 0 Å². The van der Waals surface area contributed by atoms with Crippen LogP contribution < -0.4 is 15.8 Å². The minimum atomic E-state index is -0.169. The van der Waals surface area contributed by atoms with Crippen molar-refractivity contribution < 1.29 is 9.53 Å². The van der Waals surface area contributed by atoms with Crippen LogP contribution in [0.3, 0.4) is 0 Å². The van der Waals surface area contributed by atoms with Crippen LogP contribution in [-0.2, 0) is 4.79 Å². The topological polar surface area (TPSA) is 64.3 Å². The number of amides is 1. The van der Waals surface area contributed by atoms with E-state index < -0.39 is 0 Å². The number of carbonyl (C=O) groups is 1. The van der Waals surface area contributed by atoms with E-state index >= 15 is 0 Å². The van der Waals surface area contributed by atoms with Crippen LogP contribution in [0.2, 0.25) is 0 Å². The Bertz CT molecular complexity index is 419. The van der Waals surface area contributed by atoms with Gasteiger partial charge in [-0.25, -0.2) is 0 Å². The monoisotopic (exact) mass is 252 g/mol. The van der Waals surface area contributed by atoms with E-state index in [1.54, 1.807) is 18.2 Å². The summed E-state index contributed by atoms with van der Waals surface area (Å²) in [6, 6.07) is 7.21. The number of nitrogens with two attached hydrogens (primary N) is 1. The number of thiocarbonyl (C=S) groups is 1. The van der Waals surface area contributed by atoms with Gasteiger partial charge in [0.1, 0.15) is 10.7 Å². The van der Waals surface area contributed by atoms with Gasteiger partial charge >= 0.3 is 0 Å². The molecule has 0 aromatic heterocycles. The number of hydrogen-bond donors (Lipinski definition) is 2. The maximum absolute atomic E-state index is 11.4.